The van der Waals surface area contributed by atoms with Gasteiger partial charge >= 0.3 is 0 Å². The highest BCUT2D eigenvalue weighted by molar-refractivity contribution is 5.92. The van der Waals surface area contributed by atoms with Crippen LogP contribution < -0.4 is 20.5 Å². The zero-order valence-corrected chi connectivity index (χ0v) is 11.8. The van der Waals surface area contributed by atoms with E-state index in [0.717, 1.165) is 5.75 Å². The first-order valence-corrected chi connectivity index (χ1v) is 6.68. The van der Waals surface area contributed by atoms with Crippen molar-refractivity contribution in [2.24, 2.45) is 0 Å². The van der Waals surface area contributed by atoms with Gasteiger partial charge in [-0.25, -0.2) is 0 Å². The summed E-state index contributed by atoms with van der Waals surface area (Å²) < 4.78 is 10.7. The van der Waals surface area contributed by atoms with E-state index in [1.807, 2.05) is 19.1 Å². The molecule has 2 aromatic rings. The Hall–Kier alpha value is -2.69. The molecule has 21 heavy (non-hydrogen) atoms. The van der Waals surface area contributed by atoms with E-state index in [9.17, 15) is 4.79 Å². The zero-order chi connectivity index (χ0) is 15.1. The van der Waals surface area contributed by atoms with Crippen molar-refractivity contribution in [3.05, 3.63) is 48.5 Å². The lowest BCUT2D eigenvalue weighted by Crippen LogP contribution is -2.20. The Morgan fingerprint density at radius 1 is 1.10 bits per heavy atom. The topological polar surface area (TPSA) is 73.6 Å². The maximum Gasteiger partial charge on any atom is 0.262 e. The van der Waals surface area contributed by atoms with E-state index >= 15 is 0 Å². The molecule has 1 amide bonds. The van der Waals surface area contributed by atoms with Crippen molar-refractivity contribution in [3.63, 3.8) is 0 Å². The molecule has 0 saturated carbocycles. The molecular weight excluding hydrogens is 268 g/mol. The third-order valence-corrected chi connectivity index (χ3v) is 2.68. The first kappa shape index (κ1) is 14.7. The first-order valence-electron chi connectivity index (χ1n) is 6.68. The maximum absolute atomic E-state index is 11.8. The van der Waals surface area contributed by atoms with E-state index in [2.05, 4.69) is 5.32 Å². The van der Waals surface area contributed by atoms with E-state index in [0.29, 0.717) is 23.7 Å². The van der Waals surface area contributed by atoms with Gasteiger partial charge in [0.2, 0.25) is 0 Å². The van der Waals surface area contributed by atoms with E-state index in [1.54, 1.807) is 36.4 Å². The Labute approximate surface area is 123 Å². The van der Waals surface area contributed by atoms with Gasteiger partial charge in [0.05, 0.1) is 6.61 Å². The summed E-state index contributed by atoms with van der Waals surface area (Å²) in [7, 11) is 0. The number of nitrogen functional groups attached to an aromatic ring is 1. The van der Waals surface area contributed by atoms with Crippen LogP contribution in [0.5, 0.6) is 11.5 Å². The average Bonchev–Trinajstić information content (AvgIpc) is 2.47. The van der Waals surface area contributed by atoms with E-state index < -0.39 is 0 Å². The fourth-order valence-electron chi connectivity index (χ4n) is 1.74. The number of anilines is 2. The highest BCUT2D eigenvalue weighted by Gasteiger charge is 2.04. The molecule has 0 bridgehead atoms. The molecule has 0 aliphatic carbocycles. The average molecular weight is 286 g/mol. The number of ether oxygens (including phenoxy) is 2. The Morgan fingerprint density at radius 2 is 1.86 bits per heavy atom. The summed E-state index contributed by atoms with van der Waals surface area (Å²) in [6, 6.07) is 14.1. The SMILES string of the molecule is CCOc1cccc(NC(=O)COc2ccc(N)cc2)c1. The Balaban J connectivity index is 1.86. The van der Waals surface area contributed by atoms with Crippen LogP contribution in [-0.4, -0.2) is 19.1 Å². The van der Waals surface area contributed by atoms with Gasteiger partial charge in [-0.3, -0.25) is 4.79 Å². The highest BCUT2D eigenvalue weighted by Crippen LogP contribution is 2.17. The van der Waals surface area contributed by atoms with Crippen LogP contribution in [0.2, 0.25) is 0 Å². The molecule has 0 heterocycles. The van der Waals surface area contributed by atoms with E-state index in [4.69, 9.17) is 15.2 Å². The second-order valence-corrected chi connectivity index (χ2v) is 4.37. The quantitative estimate of drug-likeness (QED) is 0.801. The van der Waals surface area contributed by atoms with E-state index in [-0.39, 0.29) is 12.5 Å². The smallest absolute Gasteiger partial charge is 0.262 e. The molecule has 110 valence electrons. The molecule has 2 rings (SSSR count). The summed E-state index contributed by atoms with van der Waals surface area (Å²) in [5, 5.41) is 2.75. The van der Waals surface area contributed by atoms with Crippen molar-refractivity contribution in [1.29, 1.82) is 0 Å². The number of carbonyl (C=O) groups excluding carboxylic acids is 1. The summed E-state index contributed by atoms with van der Waals surface area (Å²) in [4.78, 5) is 11.8. The number of nitrogens with one attached hydrogen (secondary N) is 1. The number of hydrogen-bond acceptors (Lipinski definition) is 4. The standard InChI is InChI=1S/C16H18N2O3/c1-2-20-15-5-3-4-13(10-15)18-16(19)11-21-14-8-6-12(17)7-9-14/h3-10H,2,11,17H2,1H3,(H,18,19). The minimum Gasteiger partial charge on any atom is -0.494 e. The number of carbonyl (C=O) groups is 1. The Morgan fingerprint density at radius 3 is 2.57 bits per heavy atom. The van der Waals surface area contributed by atoms with Gasteiger partial charge in [0.15, 0.2) is 6.61 Å². The number of hydrogen-bond donors (Lipinski definition) is 2. The van der Waals surface area contributed by atoms with Crippen molar-refractivity contribution >= 4 is 17.3 Å². The van der Waals surface area contributed by atoms with Crippen molar-refractivity contribution in [1.82, 2.24) is 0 Å². The zero-order valence-electron chi connectivity index (χ0n) is 11.8. The molecule has 0 fully saturated rings. The molecule has 0 aromatic heterocycles. The van der Waals surface area contributed by atoms with E-state index in [1.165, 1.54) is 0 Å². The largest absolute Gasteiger partial charge is 0.494 e. The molecule has 5 nitrogen and oxygen atoms in total. The predicted octanol–water partition coefficient (Wildman–Crippen LogP) is 2.69. The van der Waals surface area contributed by atoms with Crippen LogP contribution in [0.15, 0.2) is 48.5 Å². The highest BCUT2D eigenvalue weighted by atomic mass is 16.5. The van der Waals surface area contributed by atoms with Crippen LogP contribution in [0.1, 0.15) is 6.92 Å². The molecule has 0 aliphatic heterocycles. The van der Waals surface area contributed by atoms with Crippen LogP contribution in [-0.2, 0) is 4.79 Å². The molecular formula is C16H18N2O3. The molecule has 0 unspecified atom stereocenters. The summed E-state index contributed by atoms with van der Waals surface area (Å²) in [6.45, 7) is 2.42. The molecule has 5 heteroatoms. The fraction of sp³-hybridized carbons (Fsp3) is 0.188. The van der Waals surface area contributed by atoms with Crippen LogP contribution in [0.25, 0.3) is 0 Å². The minimum absolute atomic E-state index is 0.0667. The summed E-state index contributed by atoms with van der Waals surface area (Å²) in [6.07, 6.45) is 0. The summed E-state index contributed by atoms with van der Waals surface area (Å²) in [5.41, 5.74) is 6.90. The lowest BCUT2D eigenvalue weighted by Gasteiger charge is -2.09. The third-order valence-electron chi connectivity index (χ3n) is 2.68. The molecule has 0 spiro atoms. The van der Waals surface area contributed by atoms with Crippen LogP contribution in [0.3, 0.4) is 0 Å². The molecule has 0 radical (unpaired) electrons. The van der Waals surface area contributed by atoms with Gasteiger partial charge < -0.3 is 20.5 Å². The molecule has 2 aromatic carbocycles. The van der Waals surface area contributed by atoms with Gasteiger partial charge in [0.1, 0.15) is 11.5 Å². The van der Waals surface area contributed by atoms with Crippen molar-refractivity contribution in [2.75, 3.05) is 24.3 Å². The molecule has 0 atom stereocenters. The van der Waals surface area contributed by atoms with Gasteiger partial charge in [0, 0.05) is 17.4 Å². The Kier molecular flexibility index (Phi) is 5.04. The molecule has 0 saturated heterocycles. The second-order valence-electron chi connectivity index (χ2n) is 4.37. The normalized spacial score (nSPS) is 9.95. The Bertz CT molecular complexity index is 597. The van der Waals surface area contributed by atoms with Gasteiger partial charge in [-0.15, -0.1) is 0 Å². The first-order chi connectivity index (χ1) is 10.2. The number of amides is 1. The van der Waals surface area contributed by atoms with Crippen LogP contribution >= 0.6 is 0 Å². The van der Waals surface area contributed by atoms with Gasteiger partial charge in [-0.1, -0.05) is 6.07 Å². The van der Waals surface area contributed by atoms with Gasteiger partial charge in [-0.2, -0.15) is 0 Å². The minimum atomic E-state index is -0.236. The van der Waals surface area contributed by atoms with Crippen LogP contribution in [0.4, 0.5) is 11.4 Å². The number of nitrogens with two attached hydrogens (primary N) is 1. The third kappa shape index (κ3) is 4.72. The van der Waals surface area contributed by atoms with Crippen molar-refractivity contribution in [2.45, 2.75) is 6.92 Å². The fourth-order valence-corrected chi connectivity index (χ4v) is 1.74. The predicted molar refractivity (Wildman–Crippen MR) is 82.6 cm³/mol. The number of benzene rings is 2. The molecule has 3 N–H and O–H groups in total. The van der Waals surface area contributed by atoms with Gasteiger partial charge in [0.25, 0.3) is 5.91 Å². The van der Waals surface area contributed by atoms with Gasteiger partial charge in [-0.05, 0) is 43.3 Å². The monoisotopic (exact) mass is 286 g/mol. The lowest BCUT2D eigenvalue weighted by molar-refractivity contribution is -0.118. The van der Waals surface area contributed by atoms with Crippen molar-refractivity contribution in [3.8, 4) is 11.5 Å². The maximum atomic E-state index is 11.8. The lowest BCUT2D eigenvalue weighted by atomic mass is 10.3. The van der Waals surface area contributed by atoms with Crippen LogP contribution in [0, 0.1) is 0 Å². The molecule has 0 aliphatic rings. The van der Waals surface area contributed by atoms with Crippen molar-refractivity contribution < 1.29 is 14.3 Å². The summed E-state index contributed by atoms with van der Waals surface area (Å²) >= 11 is 0. The summed E-state index contributed by atoms with van der Waals surface area (Å²) in [5.74, 6) is 1.08. The second kappa shape index (κ2) is 7.19. The number of rotatable bonds is 6.